The van der Waals surface area contributed by atoms with E-state index in [2.05, 4.69) is 26.9 Å². The molecule has 1 aromatic heterocycles. The van der Waals surface area contributed by atoms with Gasteiger partial charge in [-0.25, -0.2) is 4.79 Å². The Morgan fingerprint density at radius 3 is 2.45 bits per heavy atom. The second-order valence-corrected chi connectivity index (χ2v) is 7.84. The molecule has 0 amide bonds. The average molecular weight is 432 g/mol. The second-order valence-electron chi connectivity index (χ2n) is 6.90. The van der Waals surface area contributed by atoms with E-state index >= 15 is 0 Å². The van der Waals surface area contributed by atoms with Gasteiger partial charge in [0.1, 0.15) is 5.75 Å². The van der Waals surface area contributed by atoms with Gasteiger partial charge in [-0.1, -0.05) is 66.4 Å². The number of carboxylic acids is 1. The number of benzene rings is 3. The quantitative estimate of drug-likeness (QED) is 0.396. The molecule has 0 unspecified atom stereocenters. The molecule has 0 atom stereocenters. The van der Waals surface area contributed by atoms with Crippen molar-refractivity contribution in [2.75, 3.05) is 7.11 Å². The molecule has 0 saturated heterocycles. The van der Waals surface area contributed by atoms with Crippen LogP contribution in [0.25, 0.3) is 11.4 Å². The maximum absolute atomic E-state index is 11.1. The number of hydrogen-bond acceptors (Lipinski definition) is 5. The van der Waals surface area contributed by atoms with Crippen LogP contribution in [0.5, 0.6) is 5.75 Å². The Hall–Kier alpha value is -3.58. The van der Waals surface area contributed by atoms with Crippen LogP contribution in [0.1, 0.15) is 21.5 Å². The predicted octanol–water partition coefficient (Wildman–Crippen LogP) is 4.99. The third-order valence-corrected chi connectivity index (χ3v) is 5.84. The van der Waals surface area contributed by atoms with Crippen molar-refractivity contribution < 1.29 is 14.6 Å². The number of methoxy groups -OCH3 is 1. The van der Waals surface area contributed by atoms with Crippen LogP contribution in [-0.2, 0) is 12.3 Å². The van der Waals surface area contributed by atoms with Crippen LogP contribution >= 0.6 is 11.8 Å². The maximum Gasteiger partial charge on any atom is 0.335 e. The van der Waals surface area contributed by atoms with E-state index in [-0.39, 0.29) is 5.56 Å². The zero-order valence-corrected chi connectivity index (χ0v) is 17.7. The van der Waals surface area contributed by atoms with E-state index in [9.17, 15) is 4.79 Å². The molecule has 0 bridgehead atoms. The van der Waals surface area contributed by atoms with Crippen LogP contribution in [0.15, 0.2) is 84.0 Å². The van der Waals surface area contributed by atoms with Gasteiger partial charge in [-0.3, -0.25) is 4.57 Å². The SMILES string of the molecule is COc1cccc(-c2nnc(SCc3ccc(C(=O)O)cc3)n2Cc2ccccc2)c1. The first-order chi connectivity index (χ1) is 15.1. The molecule has 1 N–H and O–H groups in total. The molecule has 0 radical (unpaired) electrons. The number of thioether (sulfide) groups is 1. The van der Waals surface area contributed by atoms with Crippen LogP contribution in [0.3, 0.4) is 0 Å². The summed E-state index contributed by atoms with van der Waals surface area (Å²) in [6, 6.07) is 24.9. The minimum Gasteiger partial charge on any atom is -0.497 e. The van der Waals surface area contributed by atoms with Crippen molar-refractivity contribution in [1.82, 2.24) is 14.8 Å². The van der Waals surface area contributed by atoms with E-state index in [1.54, 1.807) is 31.0 Å². The first-order valence-electron chi connectivity index (χ1n) is 9.70. The van der Waals surface area contributed by atoms with Crippen LogP contribution in [0, 0.1) is 0 Å². The van der Waals surface area contributed by atoms with E-state index in [4.69, 9.17) is 9.84 Å². The van der Waals surface area contributed by atoms with Gasteiger partial charge in [0.2, 0.25) is 0 Å². The number of carboxylic acid groups (broad SMARTS) is 1. The maximum atomic E-state index is 11.1. The molecule has 0 aliphatic rings. The minimum absolute atomic E-state index is 0.279. The molecule has 156 valence electrons. The van der Waals surface area contributed by atoms with Gasteiger partial charge in [0.15, 0.2) is 11.0 Å². The monoisotopic (exact) mass is 431 g/mol. The molecule has 4 aromatic rings. The van der Waals surface area contributed by atoms with Crippen molar-refractivity contribution in [1.29, 1.82) is 0 Å². The summed E-state index contributed by atoms with van der Waals surface area (Å²) in [5.74, 6) is 1.26. The van der Waals surface area contributed by atoms with Gasteiger partial charge in [0, 0.05) is 11.3 Å². The summed E-state index contributed by atoms with van der Waals surface area (Å²) < 4.78 is 7.47. The van der Waals surface area contributed by atoms with Crippen LogP contribution in [-0.4, -0.2) is 33.0 Å². The zero-order chi connectivity index (χ0) is 21.6. The summed E-state index contributed by atoms with van der Waals surface area (Å²) in [6.07, 6.45) is 0. The summed E-state index contributed by atoms with van der Waals surface area (Å²) in [7, 11) is 1.64. The lowest BCUT2D eigenvalue weighted by Gasteiger charge is -2.11. The molecule has 0 fully saturated rings. The highest BCUT2D eigenvalue weighted by Gasteiger charge is 2.16. The number of rotatable bonds is 8. The number of hydrogen-bond donors (Lipinski definition) is 1. The summed E-state index contributed by atoms with van der Waals surface area (Å²) in [5, 5.41) is 18.8. The minimum atomic E-state index is -0.926. The van der Waals surface area contributed by atoms with E-state index in [1.807, 2.05) is 54.6 Å². The third kappa shape index (κ3) is 4.95. The smallest absolute Gasteiger partial charge is 0.335 e. The van der Waals surface area contributed by atoms with E-state index < -0.39 is 5.97 Å². The van der Waals surface area contributed by atoms with Crippen LogP contribution in [0.4, 0.5) is 0 Å². The van der Waals surface area contributed by atoms with Gasteiger partial charge in [0.05, 0.1) is 19.2 Å². The van der Waals surface area contributed by atoms with Gasteiger partial charge in [-0.2, -0.15) is 0 Å². The lowest BCUT2D eigenvalue weighted by molar-refractivity contribution is 0.0697. The molecule has 1 heterocycles. The number of ether oxygens (including phenoxy) is 1. The van der Waals surface area contributed by atoms with Crippen molar-refractivity contribution in [3.05, 3.63) is 95.6 Å². The van der Waals surface area contributed by atoms with Gasteiger partial charge >= 0.3 is 5.97 Å². The summed E-state index contributed by atoms with van der Waals surface area (Å²) in [4.78, 5) is 11.1. The molecular weight excluding hydrogens is 410 g/mol. The first-order valence-corrected chi connectivity index (χ1v) is 10.7. The molecule has 31 heavy (non-hydrogen) atoms. The fraction of sp³-hybridized carbons (Fsp3) is 0.125. The summed E-state index contributed by atoms with van der Waals surface area (Å²) in [6.45, 7) is 0.640. The van der Waals surface area contributed by atoms with Crippen molar-refractivity contribution >= 4 is 17.7 Å². The Kier molecular flexibility index (Phi) is 6.33. The second kappa shape index (κ2) is 9.49. The molecule has 0 aliphatic carbocycles. The molecule has 0 aliphatic heterocycles. The highest BCUT2D eigenvalue weighted by atomic mass is 32.2. The fourth-order valence-electron chi connectivity index (χ4n) is 3.17. The highest BCUT2D eigenvalue weighted by molar-refractivity contribution is 7.98. The summed E-state index contributed by atoms with van der Waals surface area (Å²) >= 11 is 1.57. The molecular formula is C24H21N3O3S. The Morgan fingerprint density at radius 2 is 1.74 bits per heavy atom. The fourth-order valence-corrected chi connectivity index (χ4v) is 4.06. The lowest BCUT2D eigenvalue weighted by atomic mass is 10.1. The van der Waals surface area contributed by atoms with E-state index in [0.717, 1.165) is 33.4 Å². The topological polar surface area (TPSA) is 77.2 Å². The zero-order valence-electron chi connectivity index (χ0n) is 16.9. The van der Waals surface area contributed by atoms with Crippen molar-refractivity contribution in [3.63, 3.8) is 0 Å². The number of aromatic nitrogens is 3. The Labute approximate surface area is 184 Å². The molecule has 0 saturated carbocycles. The van der Waals surface area contributed by atoms with Gasteiger partial charge < -0.3 is 9.84 Å². The van der Waals surface area contributed by atoms with Crippen molar-refractivity contribution in [2.45, 2.75) is 17.5 Å². The third-order valence-electron chi connectivity index (χ3n) is 4.80. The molecule has 0 spiro atoms. The molecule has 4 rings (SSSR count). The van der Waals surface area contributed by atoms with Crippen LogP contribution in [0.2, 0.25) is 0 Å². The van der Waals surface area contributed by atoms with E-state index in [1.165, 1.54) is 0 Å². The first kappa shape index (κ1) is 20.7. The molecule has 6 nitrogen and oxygen atoms in total. The van der Waals surface area contributed by atoms with Gasteiger partial charge in [-0.15, -0.1) is 10.2 Å². The molecule has 7 heteroatoms. The Bertz CT molecular complexity index is 1170. The average Bonchev–Trinajstić information content (AvgIpc) is 3.21. The number of aromatic carboxylic acids is 1. The predicted molar refractivity (Wildman–Crippen MR) is 121 cm³/mol. The Balaban J connectivity index is 1.63. The normalized spacial score (nSPS) is 10.7. The number of carbonyl (C=O) groups is 1. The number of nitrogens with zero attached hydrogens (tertiary/aromatic N) is 3. The highest BCUT2D eigenvalue weighted by Crippen LogP contribution is 2.29. The summed E-state index contributed by atoms with van der Waals surface area (Å²) in [5.41, 5.74) is 3.38. The lowest BCUT2D eigenvalue weighted by Crippen LogP contribution is -2.04. The van der Waals surface area contributed by atoms with Gasteiger partial charge in [-0.05, 0) is 35.4 Å². The standard InChI is InChI=1S/C24H21N3O3S/c1-30-21-9-5-8-20(14-21)22-25-26-24(27(22)15-17-6-3-2-4-7-17)31-16-18-10-12-19(13-11-18)23(28)29/h2-14H,15-16H2,1H3,(H,28,29). The molecule has 3 aromatic carbocycles. The van der Waals surface area contributed by atoms with Crippen LogP contribution < -0.4 is 4.74 Å². The van der Waals surface area contributed by atoms with E-state index in [0.29, 0.717) is 12.3 Å². The van der Waals surface area contributed by atoms with Gasteiger partial charge in [0.25, 0.3) is 0 Å². The Morgan fingerprint density at radius 1 is 0.968 bits per heavy atom. The van der Waals surface area contributed by atoms with Crippen molar-refractivity contribution in [2.24, 2.45) is 0 Å². The largest absolute Gasteiger partial charge is 0.497 e. The van der Waals surface area contributed by atoms with Crippen molar-refractivity contribution in [3.8, 4) is 17.1 Å².